The van der Waals surface area contributed by atoms with Crippen molar-refractivity contribution in [3.05, 3.63) is 0 Å². The number of fused-ring (bicyclic) bond motifs is 1. The van der Waals surface area contributed by atoms with E-state index in [2.05, 4.69) is 5.32 Å². The first kappa shape index (κ1) is 14.9. The van der Waals surface area contributed by atoms with Crippen LogP contribution in [0.1, 0.15) is 26.7 Å². The summed E-state index contributed by atoms with van der Waals surface area (Å²) in [6.45, 7) is 5.17. The van der Waals surface area contributed by atoms with Gasteiger partial charge in [0.15, 0.2) is 0 Å². The fraction of sp³-hybridized carbons (Fsp3) is 0.923. The second kappa shape index (κ2) is 5.14. The first-order valence-corrected chi connectivity index (χ1v) is 8.53. The van der Waals surface area contributed by atoms with Gasteiger partial charge in [-0.05, 0) is 12.8 Å². The molecule has 6 heteroatoms. The smallest absolute Gasteiger partial charge is 0.241 e. The molecule has 1 saturated heterocycles. The lowest BCUT2D eigenvalue weighted by Gasteiger charge is -2.65. The zero-order valence-electron chi connectivity index (χ0n) is 11.9. The van der Waals surface area contributed by atoms with E-state index in [0.717, 1.165) is 19.4 Å². The third-order valence-corrected chi connectivity index (χ3v) is 5.51. The minimum atomic E-state index is -0.900. The molecular weight excluding hydrogens is 264 g/mol. The van der Waals surface area contributed by atoms with E-state index in [1.165, 1.54) is 0 Å². The van der Waals surface area contributed by atoms with Crippen LogP contribution in [0.15, 0.2) is 0 Å². The Bertz CT molecular complexity index is 399. The molecule has 1 heterocycles. The van der Waals surface area contributed by atoms with Gasteiger partial charge < -0.3 is 15.8 Å². The molecule has 2 fully saturated rings. The lowest BCUT2D eigenvalue weighted by molar-refractivity contribution is -0.225. The number of rotatable bonds is 4. The molecule has 5 nitrogen and oxygen atoms in total. The lowest BCUT2D eigenvalue weighted by Crippen LogP contribution is -2.82. The molecule has 0 aromatic rings. The van der Waals surface area contributed by atoms with Gasteiger partial charge in [0.1, 0.15) is 5.54 Å². The van der Waals surface area contributed by atoms with Gasteiger partial charge in [-0.25, -0.2) is 0 Å². The van der Waals surface area contributed by atoms with Gasteiger partial charge in [0.05, 0.1) is 6.10 Å². The molecule has 1 aliphatic heterocycles. The van der Waals surface area contributed by atoms with Crippen LogP contribution in [0.25, 0.3) is 0 Å². The molecule has 4 atom stereocenters. The second-order valence-electron chi connectivity index (χ2n) is 6.16. The highest BCUT2D eigenvalue weighted by atomic mass is 32.2. The molecule has 1 saturated carbocycles. The fourth-order valence-electron chi connectivity index (χ4n) is 3.49. The number of carbonyl (C=O) groups excluding carboxylic acids is 1. The van der Waals surface area contributed by atoms with Crippen LogP contribution >= 0.6 is 0 Å². The van der Waals surface area contributed by atoms with Gasteiger partial charge in [0, 0.05) is 47.3 Å². The lowest BCUT2D eigenvalue weighted by atomic mass is 9.46. The summed E-state index contributed by atoms with van der Waals surface area (Å²) < 4.78 is 16.8. The molecule has 3 N–H and O–H groups in total. The van der Waals surface area contributed by atoms with Crippen molar-refractivity contribution in [2.45, 2.75) is 38.3 Å². The van der Waals surface area contributed by atoms with Gasteiger partial charge in [-0.3, -0.25) is 9.00 Å². The van der Waals surface area contributed by atoms with Crippen molar-refractivity contribution in [1.29, 1.82) is 0 Å². The molecule has 1 aliphatic carbocycles. The summed E-state index contributed by atoms with van der Waals surface area (Å²) in [6, 6.07) is 0. The summed E-state index contributed by atoms with van der Waals surface area (Å²) in [7, 11) is -0.900. The van der Waals surface area contributed by atoms with Gasteiger partial charge in [0.2, 0.25) is 5.91 Å². The Kier molecular flexibility index (Phi) is 4.05. The maximum atomic E-state index is 12.4. The number of amides is 1. The first-order chi connectivity index (χ1) is 8.81. The predicted molar refractivity (Wildman–Crippen MR) is 75.1 cm³/mol. The fourth-order valence-corrected chi connectivity index (χ4v) is 3.88. The number of hydrogen-bond acceptors (Lipinski definition) is 4. The SMILES string of the molecule is CS(=O)CCNC(=O)C1(N)C2CCCOC2C1(C)C. The Morgan fingerprint density at radius 1 is 1.53 bits per heavy atom. The Balaban J connectivity index is 2.04. The molecule has 0 radical (unpaired) electrons. The quantitative estimate of drug-likeness (QED) is 0.764. The molecule has 2 rings (SSSR count). The van der Waals surface area contributed by atoms with E-state index in [9.17, 15) is 9.00 Å². The van der Waals surface area contributed by atoms with Gasteiger partial charge in [0.25, 0.3) is 0 Å². The number of hydrogen-bond donors (Lipinski definition) is 2. The first-order valence-electron chi connectivity index (χ1n) is 6.80. The van der Waals surface area contributed by atoms with Crippen molar-refractivity contribution in [3.8, 4) is 0 Å². The van der Waals surface area contributed by atoms with Crippen LogP contribution in [0.5, 0.6) is 0 Å². The van der Waals surface area contributed by atoms with Crippen molar-refractivity contribution in [1.82, 2.24) is 5.32 Å². The van der Waals surface area contributed by atoms with Crippen molar-refractivity contribution >= 4 is 16.7 Å². The number of ether oxygens (including phenoxy) is 1. The van der Waals surface area contributed by atoms with E-state index in [1.807, 2.05) is 13.8 Å². The molecule has 0 aromatic carbocycles. The van der Waals surface area contributed by atoms with Crippen LogP contribution in [-0.2, 0) is 20.3 Å². The van der Waals surface area contributed by atoms with Gasteiger partial charge in [-0.15, -0.1) is 0 Å². The maximum absolute atomic E-state index is 12.4. The molecule has 0 spiro atoms. The normalized spacial score (nSPS) is 37.9. The summed E-state index contributed by atoms with van der Waals surface area (Å²) in [6.07, 6.45) is 3.61. The van der Waals surface area contributed by atoms with E-state index in [0.29, 0.717) is 12.3 Å². The molecule has 0 aromatic heterocycles. The largest absolute Gasteiger partial charge is 0.377 e. The molecule has 0 bridgehead atoms. The topological polar surface area (TPSA) is 81.4 Å². The van der Waals surface area contributed by atoms with Crippen LogP contribution in [0, 0.1) is 11.3 Å². The highest BCUT2D eigenvalue weighted by Gasteiger charge is 2.70. The summed E-state index contributed by atoms with van der Waals surface area (Å²) in [5.74, 6) is 0.436. The van der Waals surface area contributed by atoms with Crippen molar-refractivity contribution in [2.75, 3.05) is 25.2 Å². The summed E-state index contributed by atoms with van der Waals surface area (Å²) in [5.41, 5.74) is 5.21. The van der Waals surface area contributed by atoms with Crippen LogP contribution in [0.2, 0.25) is 0 Å². The maximum Gasteiger partial charge on any atom is 0.241 e. The average molecular weight is 288 g/mol. The van der Waals surface area contributed by atoms with E-state index >= 15 is 0 Å². The third-order valence-electron chi connectivity index (χ3n) is 4.74. The van der Waals surface area contributed by atoms with Crippen LogP contribution in [-0.4, -0.2) is 46.9 Å². The van der Waals surface area contributed by atoms with E-state index in [4.69, 9.17) is 10.5 Å². The Morgan fingerprint density at radius 3 is 2.84 bits per heavy atom. The molecule has 4 unspecified atom stereocenters. The van der Waals surface area contributed by atoms with E-state index < -0.39 is 16.3 Å². The van der Waals surface area contributed by atoms with E-state index in [-0.39, 0.29) is 23.3 Å². The Hall–Kier alpha value is -0.460. The second-order valence-corrected chi connectivity index (χ2v) is 7.72. The minimum Gasteiger partial charge on any atom is -0.377 e. The number of nitrogens with two attached hydrogens (primary N) is 1. The van der Waals surface area contributed by atoms with Crippen LogP contribution in [0.4, 0.5) is 0 Å². The van der Waals surface area contributed by atoms with Crippen molar-refractivity contribution in [3.63, 3.8) is 0 Å². The molecule has 2 aliphatic rings. The standard InChI is InChI=1S/C13H24N2O3S/c1-12(2)10-9(5-4-7-18-10)13(12,14)11(16)15-6-8-19(3)17/h9-10H,4-8,14H2,1-3H3,(H,15,16). The molecule has 19 heavy (non-hydrogen) atoms. The minimum absolute atomic E-state index is 0.0808. The van der Waals surface area contributed by atoms with Crippen LogP contribution in [0.3, 0.4) is 0 Å². The monoisotopic (exact) mass is 288 g/mol. The zero-order chi connectivity index (χ0) is 14.3. The van der Waals surface area contributed by atoms with Gasteiger partial charge in [-0.1, -0.05) is 13.8 Å². The highest BCUT2D eigenvalue weighted by molar-refractivity contribution is 7.84. The van der Waals surface area contributed by atoms with Crippen LogP contribution < -0.4 is 11.1 Å². The van der Waals surface area contributed by atoms with Crippen molar-refractivity contribution < 1.29 is 13.7 Å². The van der Waals surface area contributed by atoms with Gasteiger partial charge >= 0.3 is 0 Å². The Labute approximate surface area is 117 Å². The summed E-state index contributed by atoms with van der Waals surface area (Å²) in [4.78, 5) is 12.4. The van der Waals surface area contributed by atoms with E-state index in [1.54, 1.807) is 6.26 Å². The number of nitrogens with one attached hydrogen (secondary N) is 1. The Morgan fingerprint density at radius 2 is 2.21 bits per heavy atom. The molecular formula is C13H24N2O3S. The average Bonchev–Trinajstić information content (AvgIpc) is 2.37. The highest BCUT2D eigenvalue weighted by Crippen LogP contribution is 2.57. The zero-order valence-corrected chi connectivity index (χ0v) is 12.7. The predicted octanol–water partition coefficient (Wildman–Crippen LogP) is 0.0136. The molecule has 1 amide bonds. The van der Waals surface area contributed by atoms with Gasteiger partial charge in [-0.2, -0.15) is 0 Å². The summed E-state index contributed by atoms with van der Waals surface area (Å²) in [5, 5.41) is 2.83. The number of carbonyl (C=O) groups is 1. The summed E-state index contributed by atoms with van der Waals surface area (Å²) >= 11 is 0. The van der Waals surface area contributed by atoms with Crippen molar-refractivity contribution in [2.24, 2.45) is 17.1 Å². The molecule has 110 valence electrons. The third kappa shape index (κ3) is 2.23.